The first-order chi connectivity index (χ1) is 9.22. The predicted octanol–water partition coefficient (Wildman–Crippen LogP) is 1.27. The van der Waals surface area contributed by atoms with Gasteiger partial charge in [0.25, 0.3) is 5.91 Å². The van der Waals surface area contributed by atoms with Crippen molar-refractivity contribution in [1.29, 1.82) is 0 Å². The van der Waals surface area contributed by atoms with Gasteiger partial charge in [-0.1, -0.05) is 6.07 Å². The van der Waals surface area contributed by atoms with Crippen LogP contribution in [0.2, 0.25) is 0 Å². The molecule has 1 aliphatic rings. The van der Waals surface area contributed by atoms with Crippen LogP contribution in [-0.4, -0.2) is 50.7 Å². The largest absolute Gasteiger partial charge is 0.493 e. The van der Waals surface area contributed by atoms with Crippen LogP contribution in [0.3, 0.4) is 0 Å². The molecule has 0 atom stereocenters. The van der Waals surface area contributed by atoms with E-state index >= 15 is 0 Å². The summed E-state index contributed by atoms with van der Waals surface area (Å²) in [6.45, 7) is 3.16. The SMILES string of the molecule is COc1cccc(Br)c1OCC(=O)N1CCNCC1. The van der Waals surface area contributed by atoms with Crippen LogP contribution >= 0.6 is 15.9 Å². The average molecular weight is 329 g/mol. The molecule has 1 N–H and O–H groups in total. The first kappa shape index (κ1) is 14.1. The maximum Gasteiger partial charge on any atom is 0.260 e. The molecule has 1 aromatic carbocycles. The van der Waals surface area contributed by atoms with E-state index in [1.165, 1.54) is 0 Å². The number of hydrogen-bond acceptors (Lipinski definition) is 4. The number of rotatable bonds is 4. The van der Waals surface area contributed by atoms with E-state index in [2.05, 4.69) is 21.2 Å². The van der Waals surface area contributed by atoms with E-state index < -0.39 is 0 Å². The van der Waals surface area contributed by atoms with Crippen molar-refractivity contribution in [2.24, 2.45) is 0 Å². The van der Waals surface area contributed by atoms with E-state index in [1.807, 2.05) is 12.1 Å². The van der Waals surface area contributed by atoms with Crippen molar-refractivity contribution in [3.05, 3.63) is 22.7 Å². The molecule has 0 spiro atoms. The zero-order chi connectivity index (χ0) is 13.7. The Hall–Kier alpha value is -1.27. The zero-order valence-electron chi connectivity index (χ0n) is 10.8. The second kappa shape index (κ2) is 6.77. The number of para-hydroxylation sites is 1. The Balaban J connectivity index is 1.96. The van der Waals surface area contributed by atoms with Crippen LogP contribution in [0, 0.1) is 0 Å². The van der Waals surface area contributed by atoms with Crippen LogP contribution in [0.15, 0.2) is 22.7 Å². The topological polar surface area (TPSA) is 50.8 Å². The fourth-order valence-electron chi connectivity index (χ4n) is 1.93. The molecular weight excluding hydrogens is 312 g/mol. The van der Waals surface area contributed by atoms with Crippen LogP contribution in [0.5, 0.6) is 11.5 Å². The van der Waals surface area contributed by atoms with Crippen molar-refractivity contribution < 1.29 is 14.3 Å². The van der Waals surface area contributed by atoms with Crippen LogP contribution in [-0.2, 0) is 4.79 Å². The molecule has 1 fully saturated rings. The average Bonchev–Trinajstić information content (AvgIpc) is 2.46. The zero-order valence-corrected chi connectivity index (χ0v) is 12.4. The smallest absolute Gasteiger partial charge is 0.260 e. The van der Waals surface area contributed by atoms with Gasteiger partial charge in [0.15, 0.2) is 18.1 Å². The number of methoxy groups -OCH3 is 1. The van der Waals surface area contributed by atoms with Gasteiger partial charge in [-0.15, -0.1) is 0 Å². The number of hydrogen-bond donors (Lipinski definition) is 1. The van der Waals surface area contributed by atoms with Gasteiger partial charge in [-0.3, -0.25) is 4.79 Å². The highest BCUT2D eigenvalue weighted by Gasteiger charge is 2.18. The van der Waals surface area contributed by atoms with E-state index in [9.17, 15) is 4.79 Å². The lowest BCUT2D eigenvalue weighted by molar-refractivity contribution is -0.133. The summed E-state index contributed by atoms with van der Waals surface area (Å²) in [6.07, 6.45) is 0. The van der Waals surface area contributed by atoms with Crippen molar-refractivity contribution in [2.75, 3.05) is 39.9 Å². The Morgan fingerprint density at radius 2 is 2.16 bits per heavy atom. The van der Waals surface area contributed by atoms with Gasteiger partial charge in [0.2, 0.25) is 0 Å². The van der Waals surface area contributed by atoms with Gasteiger partial charge >= 0.3 is 0 Å². The molecule has 0 aliphatic carbocycles. The summed E-state index contributed by atoms with van der Waals surface area (Å²) in [5.74, 6) is 1.18. The molecule has 2 rings (SSSR count). The lowest BCUT2D eigenvalue weighted by Gasteiger charge is -2.27. The third-order valence-electron chi connectivity index (χ3n) is 2.96. The van der Waals surface area contributed by atoms with E-state index in [4.69, 9.17) is 9.47 Å². The minimum Gasteiger partial charge on any atom is -0.493 e. The van der Waals surface area contributed by atoms with E-state index in [0.29, 0.717) is 11.5 Å². The molecule has 6 heteroatoms. The number of piperazine rings is 1. The van der Waals surface area contributed by atoms with Crippen LogP contribution in [0.1, 0.15) is 0 Å². The Morgan fingerprint density at radius 1 is 1.42 bits per heavy atom. The molecule has 1 amide bonds. The molecule has 5 nitrogen and oxygen atoms in total. The summed E-state index contributed by atoms with van der Waals surface area (Å²) in [4.78, 5) is 13.8. The Kier molecular flexibility index (Phi) is 5.04. The molecule has 1 saturated heterocycles. The van der Waals surface area contributed by atoms with Crippen molar-refractivity contribution in [1.82, 2.24) is 10.2 Å². The lowest BCUT2D eigenvalue weighted by Crippen LogP contribution is -2.47. The van der Waals surface area contributed by atoms with Crippen LogP contribution in [0.4, 0.5) is 0 Å². The number of ether oxygens (including phenoxy) is 2. The Bertz CT molecular complexity index is 448. The Morgan fingerprint density at radius 3 is 2.84 bits per heavy atom. The molecular formula is C13H17BrN2O3. The molecule has 1 aliphatic heterocycles. The molecule has 0 aromatic heterocycles. The van der Waals surface area contributed by atoms with Gasteiger partial charge in [0, 0.05) is 26.2 Å². The molecule has 104 valence electrons. The number of amides is 1. The predicted molar refractivity (Wildman–Crippen MR) is 75.6 cm³/mol. The highest BCUT2D eigenvalue weighted by atomic mass is 79.9. The van der Waals surface area contributed by atoms with Crippen molar-refractivity contribution >= 4 is 21.8 Å². The van der Waals surface area contributed by atoms with Gasteiger partial charge in [-0.2, -0.15) is 0 Å². The van der Waals surface area contributed by atoms with E-state index in [1.54, 1.807) is 18.1 Å². The highest BCUT2D eigenvalue weighted by Crippen LogP contribution is 2.34. The van der Waals surface area contributed by atoms with Crippen molar-refractivity contribution in [3.63, 3.8) is 0 Å². The van der Waals surface area contributed by atoms with E-state index in [-0.39, 0.29) is 12.5 Å². The highest BCUT2D eigenvalue weighted by molar-refractivity contribution is 9.10. The molecule has 0 unspecified atom stereocenters. The second-order valence-corrected chi connectivity index (χ2v) is 5.05. The molecule has 0 radical (unpaired) electrons. The summed E-state index contributed by atoms with van der Waals surface area (Å²) < 4.78 is 11.6. The maximum absolute atomic E-state index is 12.0. The first-order valence-corrected chi connectivity index (χ1v) is 6.95. The normalized spacial score (nSPS) is 15.2. The monoisotopic (exact) mass is 328 g/mol. The van der Waals surface area contributed by atoms with E-state index in [0.717, 1.165) is 30.7 Å². The van der Waals surface area contributed by atoms with Gasteiger partial charge in [-0.25, -0.2) is 0 Å². The summed E-state index contributed by atoms with van der Waals surface area (Å²) in [5.41, 5.74) is 0. The second-order valence-electron chi connectivity index (χ2n) is 4.19. The number of carbonyl (C=O) groups excluding carboxylic acids is 1. The first-order valence-electron chi connectivity index (χ1n) is 6.16. The van der Waals surface area contributed by atoms with Crippen LogP contribution < -0.4 is 14.8 Å². The van der Waals surface area contributed by atoms with Crippen molar-refractivity contribution in [3.8, 4) is 11.5 Å². The van der Waals surface area contributed by atoms with Gasteiger partial charge in [-0.05, 0) is 28.1 Å². The summed E-state index contributed by atoms with van der Waals surface area (Å²) in [6, 6.07) is 5.51. The van der Waals surface area contributed by atoms with Gasteiger partial charge in [0.05, 0.1) is 11.6 Å². The number of halogens is 1. The molecule has 0 bridgehead atoms. The fourth-order valence-corrected chi connectivity index (χ4v) is 2.39. The summed E-state index contributed by atoms with van der Waals surface area (Å²) >= 11 is 3.39. The quantitative estimate of drug-likeness (QED) is 0.904. The lowest BCUT2D eigenvalue weighted by atomic mass is 10.3. The minimum absolute atomic E-state index is 0.000642. The third kappa shape index (κ3) is 3.61. The number of benzene rings is 1. The number of nitrogens with one attached hydrogen (secondary N) is 1. The standard InChI is InChI=1S/C13H17BrN2O3/c1-18-11-4-2-3-10(14)13(11)19-9-12(17)16-7-5-15-6-8-16/h2-4,15H,5-9H2,1H3. The Labute approximate surface area is 121 Å². The van der Waals surface area contributed by atoms with Crippen LogP contribution in [0.25, 0.3) is 0 Å². The molecule has 1 heterocycles. The number of carbonyl (C=O) groups is 1. The summed E-state index contributed by atoms with van der Waals surface area (Å²) in [5, 5.41) is 3.21. The minimum atomic E-state index is -0.000642. The molecule has 0 saturated carbocycles. The fraction of sp³-hybridized carbons (Fsp3) is 0.462. The molecule has 19 heavy (non-hydrogen) atoms. The van der Waals surface area contributed by atoms with Crippen molar-refractivity contribution in [2.45, 2.75) is 0 Å². The number of nitrogens with zero attached hydrogens (tertiary/aromatic N) is 1. The third-order valence-corrected chi connectivity index (χ3v) is 3.58. The van der Waals surface area contributed by atoms with Gasteiger partial charge in [0.1, 0.15) is 0 Å². The molecule has 1 aromatic rings. The maximum atomic E-state index is 12.0. The summed E-state index contributed by atoms with van der Waals surface area (Å²) in [7, 11) is 1.58. The van der Waals surface area contributed by atoms with Gasteiger partial charge < -0.3 is 19.7 Å².